The maximum atomic E-state index is 5.82. The Labute approximate surface area is 177 Å². The topological polar surface area (TPSA) is 52.1 Å². The smallest absolute Gasteiger partial charge is 0.190 e. The minimum Gasteiger partial charge on any atom is -0.376 e. The third-order valence-electron chi connectivity index (χ3n) is 5.46. The summed E-state index contributed by atoms with van der Waals surface area (Å²) in [6.45, 7) is 15.0. The van der Waals surface area contributed by atoms with Gasteiger partial charge in [-0.1, -0.05) is 44.2 Å². The first-order chi connectivity index (χ1) is 14.2. The predicted octanol–water partition coefficient (Wildman–Crippen LogP) is 2.42. The molecule has 1 aromatic rings. The molecule has 1 aliphatic heterocycles. The first-order valence-electron chi connectivity index (χ1n) is 11.2. The number of aliphatic imine (C=N–C) groups is 1. The molecule has 29 heavy (non-hydrogen) atoms. The Kier molecular flexibility index (Phi) is 11.7. The minimum absolute atomic E-state index is 0.430. The normalized spacial score (nSPS) is 17.3. The molecule has 0 aromatic heterocycles. The third-order valence-corrected chi connectivity index (χ3v) is 5.46. The van der Waals surface area contributed by atoms with Gasteiger partial charge in [0, 0.05) is 46.3 Å². The van der Waals surface area contributed by atoms with E-state index in [0.29, 0.717) is 12.5 Å². The van der Waals surface area contributed by atoms with Crippen molar-refractivity contribution in [2.75, 3.05) is 66.0 Å². The summed E-state index contributed by atoms with van der Waals surface area (Å²) < 4.78 is 5.82. The molecule has 0 radical (unpaired) electrons. The Hall–Kier alpha value is -1.63. The molecule has 6 heteroatoms. The fourth-order valence-electron chi connectivity index (χ4n) is 3.50. The van der Waals surface area contributed by atoms with E-state index in [1.807, 2.05) is 25.2 Å². The Bertz CT molecular complexity index is 558. The molecule has 1 heterocycles. The van der Waals surface area contributed by atoms with Gasteiger partial charge in [0.2, 0.25) is 0 Å². The maximum Gasteiger partial charge on any atom is 0.190 e. The lowest BCUT2D eigenvalue weighted by atomic mass is 10.2. The average Bonchev–Trinajstić information content (AvgIpc) is 2.76. The van der Waals surface area contributed by atoms with Gasteiger partial charge in [0.1, 0.15) is 0 Å². The van der Waals surface area contributed by atoms with Crippen LogP contribution in [0.2, 0.25) is 0 Å². The first-order valence-corrected chi connectivity index (χ1v) is 11.2. The van der Waals surface area contributed by atoms with Crippen LogP contribution in [0.5, 0.6) is 0 Å². The summed E-state index contributed by atoms with van der Waals surface area (Å²) in [4.78, 5) is 9.45. The Morgan fingerprint density at radius 2 is 1.79 bits per heavy atom. The van der Waals surface area contributed by atoms with Gasteiger partial charge in [0.05, 0.1) is 13.2 Å². The molecule has 0 bridgehead atoms. The molecule has 1 aromatic carbocycles. The zero-order valence-electron chi connectivity index (χ0n) is 18.7. The number of rotatable bonds is 12. The van der Waals surface area contributed by atoms with Crippen LogP contribution in [-0.4, -0.2) is 81.8 Å². The number of piperazine rings is 1. The highest BCUT2D eigenvalue weighted by Crippen LogP contribution is 2.04. The van der Waals surface area contributed by atoms with Crippen molar-refractivity contribution in [2.24, 2.45) is 10.9 Å². The number of hydrogen-bond acceptors (Lipinski definition) is 4. The van der Waals surface area contributed by atoms with Gasteiger partial charge < -0.3 is 25.2 Å². The van der Waals surface area contributed by atoms with Crippen molar-refractivity contribution in [1.29, 1.82) is 0 Å². The molecule has 2 rings (SSSR count). The number of guanidine groups is 1. The molecule has 1 fully saturated rings. The van der Waals surface area contributed by atoms with Crippen molar-refractivity contribution in [2.45, 2.75) is 33.3 Å². The summed E-state index contributed by atoms with van der Waals surface area (Å²) in [5.41, 5.74) is 1.22. The van der Waals surface area contributed by atoms with Gasteiger partial charge in [0.25, 0.3) is 0 Å². The molecule has 1 unspecified atom stereocenters. The van der Waals surface area contributed by atoms with Crippen LogP contribution in [-0.2, 0) is 11.3 Å². The second-order valence-corrected chi connectivity index (χ2v) is 7.97. The van der Waals surface area contributed by atoms with Crippen LogP contribution >= 0.6 is 0 Å². The van der Waals surface area contributed by atoms with E-state index in [4.69, 9.17) is 4.74 Å². The Balaban J connectivity index is 1.48. The fraction of sp³-hybridized carbons (Fsp3) is 0.696. The van der Waals surface area contributed by atoms with E-state index >= 15 is 0 Å². The largest absolute Gasteiger partial charge is 0.376 e. The second kappa shape index (κ2) is 14.4. The van der Waals surface area contributed by atoms with E-state index in [1.54, 1.807) is 0 Å². The fourth-order valence-corrected chi connectivity index (χ4v) is 3.50. The van der Waals surface area contributed by atoms with Crippen LogP contribution < -0.4 is 10.6 Å². The lowest BCUT2D eigenvalue weighted by Crippen LogP contribution is -2.46. The zero-order chi connectivity index (χ0) is 20.7. The molecule has 0 saturated carbocycles. The number of likely N-dealkylation sites (N-methyl/N-ethyl adjacent to an activating group) is 1. The highest BCUT2D eigenvalue weighted by molar-refractivity contribution is 5.79. The summed E-state index contributed by atoms with van der Waals surface area (Å²) in [6, 6.07) is 10.3. The molecule has 0 amide bonds. The molecular weight excluding hydrogens is 362 g/mol. The van der Waals surface area contributed by atoms with Gasteiger partial charge in [-0.05, 0) is 37.4 Å². The molecule has 1 aliphatic rings. The van der Waals surface area contributed by atoms with Crippen molar-refractivity contribution in [3.05, 3.63) is 35.9 Å². The molecule has 164 valence electrons. The van der Waals surface area contributed by atoms with E-state index in [0.717, 1.165) is 25.7 Å². The van der Waals surface area contributed by atoms with E-state index in [1.165, 1.54) is 57.7 Å². The molecule has 0 spiro atoms. The summed E-state index contributed by atoms with van der Waals surface area (Å²) in [7, 11) is 1.83. The Morgan fingerprint density at radius 3 is 2.48 bits per heavy atom. The van der Waals surface area contributed by atoms with Crippen LogP contribution in [0.4, 0.5) is 0 Å². The number of benzene rings is 1. The van der Waals surface area contributed by atoms with Crippen molar-refractivity contribution in [3.8, 4) is 0 Å². The lowest BCUT2D eigenvalue weighted by Gasteiger charge is -2.34. The third kappa shape index (κ3) is 10.1. The highest BCUT2D eigenvalue weighted by Gasteiger charge is 2.14. The average molecular weight is 404 g/mol. The number of nitrogens with one attached hydrogen (secondary N) is 2. The van der Waals surface area contributed by atoms with Crippen molar-refractivity contribution >= 4 is 5.96 Å². The van der Waals surface area contributed by atoms with Gasteiger partial charge in [-0.25, -0.2) is 0 Å². The van der Waals surface area contributed by atoms with Crippen LogP contribution in [0.3, 0.4) is 0 Å². The highest BCUT2D eigenvalue weighted by atomic mass is 16.5. The Morgan fingerprint density at radius 1 is 1.07 bits per heavy atom. The summed E-state index contributed by atoms with van der Waals surface area (Å²) in [5.74, 6) is 1.32. The quantitative estimate of drug-likeness (QED) is 0.319. The van der Waals surface area contributed by atoms with Gasteiger partial charge in [-0.2, -0.15) is 0 Å². The molecule has 6 nitrogen and oxygen atoms in total. The molecule has 1 atom stereocenters. The van der Waals surface area contributed by atoms with Gasteiger partial charge in [-0.15, -0.1) is 0 Å². The number of nitrogens with zero attached hydrogens (tertiary/aromatic N) is 3. The van der Waals surface area contributed by atoms with Gasteiger partial charge in [0.15, 0.2) is 5.96 Å². The molecule has 2 N–H and O–H groups in total. The van der Waals surface area contributed by atoms with Crippen molar-refractivity contribution in [1.82, 2.24) is 20.4 Å². The van der Waals surface area contributed by atoms with Gasteiger partial charge >= 0.3 is 0 Å². The van der Waals surface area contributed by atoms with Crippen LogP contribution in [0.1, 0.15) is 32.3 Å². The minimum atomic E-state index is 0.430. The summed E-state index contributed by atoms with van der Waals surface area (Å²) in [6.07, 6.45) is 2.41. The van der Waals surface area contributed by atoms with Crippen molar-refractivity contribution in [3.63, 3.8) is 0 Å². The molecular formula is C23H41N5O. The number of hydrogen-bond donors (Lipinski definition) is 2. The number of ether oxygens (including phenoxy) is 1. The summed E-state index contributed by atoms with van der Waals surface area (Å²) in [5, 5.41) is 6.84. The standard InChI is InChI=1S/C23H41N5O/c1-4-27-14-16-28(17-15-27)13-9-8-12-25-23(24-3)26-18-21(2)19-29-20-22-10-6-5-7-11-22/h5-7,10-11,21H,4,8-9,12-20H2,1-3H3,(H2,24,25,26). The zero-order valence-corrected chi connectivity index (χ0v) is 18.7. The van der Waals surface area contributed by atoms with Crippen LogP contribution in [0.25, 0.3) is 0 Å². The molecule has 0 aliphatic carbocycles. The summed E-state index contributed by atoms with van der Waals surface area (Å²) >= 11 is 0. The first kappa shape index (κ1) is 23.6. The number of unbranched alkanes of at least 4 members (excludes halogenated alkanes) is 1. The van der Waals surface area contributed by atoms with Crippen LogP contribution in [0.15, 0.2) is 35.3 Å². The maximum absolute atomic E-state index is 5.82. The van der Waals surface area contributed by atoms with E-state index in [9.17, 15) is 0 Å². The van der Waals surface area contributed by atoms with Crippen LogP contribution in [0, 0.1) is 5.92 Å². The SMILES string of the molecule is CCN1CCN(CCCCNC(=NC)NCC(C)COCc2ccccc2)CC1. The van der Waals surface area contributed by atoms with E-state index < -0.39 is 0 Å². The lowest BCUT2D eigenvalue weighted by molar-refractivity contribution is 0.0931. The van der Waals surface area contributed by atoms with Gasteiger partial charge in [-0.3, -0.25) is 4.99 Å². The van der Waals surface area contributed by atoms with E-state index in [-0.39, 0.29) is 0 Å². The second-order valence-electron chi connectivity index (χ2n) is 7.97. The van der Waals surface area contributed by atoms with Crippen molar-refractivity contribution < 1.29 is 4.74 Å². The van der Waals surface area contributed by atoms with E-state index in [2.05, 4.69) is 51.4 Å². The molecule has 1 saturated heterocycles. The predicted molar refractivity (Wildman–Crippen MR) is 122 cm³/mol. The monoisotopic (exact) mass is 403 g/mol.